The second-order valence-corrected chi connectivity index (χ2v) is 3.81. The number of nitrogens with zero attached hydrogens (tertiary/aromatic N) is 3. The zero-order valence-electron chi connectivity index (χ0n) is 10.5. The van der Waals surface area contributed by atoms with Gasteiger partial charge in [0.1, 0.15) is 11.5 Å². The summed E-state index contributed by atoms with van der Waals surface area (Å²) >= 11 is 0. The third-order valence-electron chi connectivity index (χ3n) is 2.54. The third-order valence-corrected chi connectivity index (χ3v) is 2.54. The van der Waals surface area contributed by atoms with Gasteiger partial charge in [0.05, 0.1) is 23.9 Å². The Morgan fingerprint density at radius 2 is 2.16 bits per heavy atom. The van der Waals surface area contributed by atoms with Gasteiger partial charge < -0.3 is 9.84 Å². The number of benzene rings is 1. The standard InChI is InChI=1S/C14H13N3O2/c1-3-19-10(2)13-8-14(18)17(16-13)12-6-4-11(9-15)5-7-12/h4-8,18H,2-3H2,1H3. The number of hydrogen-bond donors (Lipinski definition) is 1. The highest BCUT2D eigenvalue weighted by molar-refractivity contribution is 5.55. The van der Waals surface area contributed by atoms with Crippen molar-refractivity contribution in [2.45, 2.75) is 6.92 Å². The van der Waals surface area contributed by atoms with Gasteiger partial charge in [0.15, 0.2) is 0 Å². The molecule has 2 rings (SSSR count). The monoisotopic (exact) mass is 255 g/mol. The van der Waals surface area contributed by atoms with Crippen molar-refractivity contribution in [2.75, 3.05) is 6.61 Å². The van der Waals surface area contributed by atoms with E-state index < -0.39 is 0 Å². The van der Waals surface area contributed by atoms with Gasteiger partial charge in [-0.2, -0.15) is 10.4 Å². The molecule has 1 aromatic heterocycles. The van der Waals surface area contributed by atoms with Crippen molar-refractivity contribution in [1.82, 2.24) is 9.78 Å². The Hall–Kier alpha value is -2.74. The minimum absolute atomic E-state index is 0.0134. The highest BCUT2D eigenvalue weighted by atomic mass is 16.5. The number of aromatic hydroxyl groups is 1. The Morgan fingerprint density at radius 3 is 2.74 bits per heavy atom. The van der Waals surface area contributed by atoms with E-state index in [0.717, 1.165) is 0 Å². The van der Waals surface area contributed by atoms with Crippen molar-refractivity contribution < 1.29 is 9.84 Å². The average Bonchev–Trinajstić information content (AvgIpc) is 2.81. The van der Waals surface area contributed by atoms with Crippen LogP contribution < -0.4 is 0 Å². The van der Waals surface area contributed by atoms with E-state index in [2.05, 4.69) is 11.7 Å². The van der Waals surface area contributed by atoms with Crippen molar-refractivity contribution in [3.63, 3.8) is 0 Å². The molecule has 1 heterocycles. The van der Waals surface area contributed by atoms with Crippen LogP contribution in [0.25, 0.3) is 11.4 Å². The Labute approximate surface area is 111 Å². The quantitative estimate of drug-likeness (QED) is 0.852. The van der Waals surface area contributed by atoms with E-state index in [1.54, 1.807) is 24.3 Å². The molecule has 96 valence electrons. The van der Waals surface area contributed by atoms with Crippen molar-refractivity contribution >= 4 is 5.76 Å². The molecule has 5 nitrogen and oxygen atoms in total. The molecule has 0 aliphatic rings. The Balaban J connectivity index is 2.34. The molecule has 0 radical (unpaired) electrons. The SMILES string of the molecule is C=C(OCC)c1cc(O)n(-c2ccc(C#N)cc2)n1. The van der Waals surface area contributed by atoms with Gasteiger partial charge in [-0.15, -0.1) is 0 Å². The Kier molecular flexibility index (Phi) is 3.53. The lowest BCUT2D eigenvalue weighted by atomic mass is 10.2. The van der Waals surface area contributed by atoms with Crippen LogP contribution in [0.1, 0.15) is 18.2 Å². The average molecular weight is 255 g/mol. The fourth-order valence-corrected chi connectivity index (χ4v) is 1.62. The van der Waals surface area contributed by atoms with E-state index in [1.165, 1.54) is 10.7 Å². The molecule has 19 heavy (non-hydrogen) atoms. The zero-order chi connectivity index (χ0) is 13.8. The summed E-state index contributed by atoms with van der Waals surface area (Å²) < 4.78 is 6.61. The first kappa shape index (κ1) is 12.7. The van der Waals surface area contributed by atoms with E-state index in [1.807, 2.05) is 13.0 Å². The molecule has 1 N–H and O–H groups in total. The first-order chi connectivity index (χ1) is 9.15. The van der Waals surface area contributed by atoms with E-state index in [-0.39, 0.29) is 5.88 Å². The molecule has 0 fully saturated rings. The number of aromatic nitrogens is 2. The molecule has 5 heteroatoms. The van der Waals surface area contributed by atoms with E-state index in [4.69, 9.17) is 10.00 Å². The molecule has 0 aliphatic carbocycles. The Morgan fingerprint density at radius 1 is 1.47 bits per heavy atom. The predicted octanol–water partition coefficient (Wildman–Crippen LogP) is 2.46. The maximum Gasteiger partial charge on any atom is 0.214 e. The zero-order valence-corrected chi connectivity index (χ0v) is 10.5. The molecule has 0 saturated carbocycles. The fourth-order valence-electron chi connectivity index (χ4n) is 1.62. The van der Waals surface area contributed by atoms with Crippen molar-refractivity contribution in [3.05, 3.63) is 48.2 Å². The van der Waals surface area contributed by atoms with E-state index in [9.17, 15) is 5.11 Å². The van der Waals surface area contributed by atoms with Crippen LogP contribution in [0.2, 0.25) is 0 Å². The van der Waals surface area contributed by atoms with Crippen molar-refractivity contribution in [3.8, 4) is 17.6 Å². The molecular weight excluding hydrogens is 242 g/mol. The maximum atomic E-state index is 9.87. The maximum absolute atomic E-state index is 9.87. The van der Waals surface area contributed by atoms with Crippen LogP contribution in [0, 0.1) is 11.3 Å². The topological polar surface area (TPSA) is 71.1 Å². The van der Waals surface area contributed by atoms with Crippen LogP contribution in [0.3, 0.4) is 0 Å². The minimum atomic E-state index is -0.0134. The van der Waals surface area contributed by atoms with Crippen LogP contribution in [0.4, 0.5) is 0 Å². The summed E-state index contributed by atoms with van der Waals surface area (Å²) in [6.45, 7) is 6.08. The largest absolute Gasteiger partial charge is 0.493 e. The van der Waals surface area contributed by atoms with Gasteiger partial charge in [0, 0.05) is 6.07 Å². The smallest absolute Gasteiger partial charge is 0.214 e. The van der Waals surface area contributed by atoms with E-state index in [0.29, 0.717) is 29.3 Å². The van der Waals surface area contributed by atoms with Gasteiger partial charge in [-0.3, -0.25) is 0 Å². The normalized spacial score (nSPS) is 9.89. The lowest BCUT2D eigenvalue weighted by Gasteiger charge is -2.03. The number of ether oxygens (including phenoxy) is 1. The number of hydrogen-bond acceptors (Lipinski definition) is 4. The van der Waals surface area contributed by atoms with Crippen LogP contribution >= 0.6 is 0 Å². The summed E-state index contributed by atoms with van der Waals surface area (Å²) in [4.78, 5) is 0. The molecule has 0 amide bonds. The van der Waals surface area contributed by atoms with Gasteiger partial charge in [0.25, 0.3) is 0 Å². The van der Waals surface area contributed by atoms with Crippen molar-refractivity contribution in [1.29, 1.82) is 5.26 Å². The first-order valence-electron chi connectivity index (χ1n) is 5.77. The number of rotatable bonds is 4. The third kappa shape index (κ3) is 2.58. The summed E-state index contributed by atoms with van der Waals surface area (Å²) in [7, 11) is 0. The molecule has 0 atom stereocenters. The molecule has 2 aromatic rings. The summed E-state index contributed by atoms with van der Waals surface area (Å²) in [5.41, 5.74) is 1.69. The molecule has 0 aliphatic heterocycles. The fraction of sp³-hybridized carbons (Fsp3) is 0.143. The lowest BCUT2D eigenvalue weighted by Crippen LogP contribution is -1.98. The molecule has 0 saturated heterocycles. The predicted molar refractivity (Wildman–Crippen MR) is 70.6 cm³/mol. The lowest BCUT2D eigenvalue weighted by molar-refractivity contribution is 0.297. The first-order valence-corrected chi connectivity index (χ1v) is 5.77. The van der Waals surface area contributed by atoms with Gasteiger partial charge in [-0.25, -0.2) is 4.68 Å². The molecule has 0 spiro atoms. The summed E-state index contributed by atoms with van der Waals surface area (Å²) in [6.07, 6.45) is 0. The Bertz CT molecular complexity index is 636. The minimum Gasteiger partial charge on any atom is -0.493 e. The van der Waals surface area contributed by atoms with Gasteiger partial charge in [-0.05, 0) is 31.2 Å². The second kappa shape index (κ2) is 5.27. The summed E-state index contributed by atoms with van der Waals surface area (Å²) in [6, 6.07) is 10.3. The van der Waals surface area contributed by atoms with Crippen LogP contribution in [0.15, 0.2) is 36.9 Å². The summed E-state index contributed by atoms with van der Waals surface area (Å²) in [5, 5.41) is 22.8. The second-order valence-electron chi connectivity index (χ2n) is 3.81. The van der Waals surface area contributed by atoms with E-state index >= 15 is 0 Å². The van der Waals surface area contributed by atoms with Gasteiger partial charge in [-0.1, -0.05) is 6.58 Å². The van der Waals surface area contributed by atoms with Gasteiger partial charge >= 0.3 is 0 Å². The molecule has 0 bridgehead atoms. The van der Waals surface area contributed by atoms with Crippen LogP contribution in [-0.2, 0) is 4.74 Å². The van der Waals surface area contributed by atoms with Crippen LogP contribution in [-0.4, -0.2) is 21.5 Å². The highest BCUT2D eigenvalue weighted by Crippen LogP contribution is 2.22. The molecule has 0 unspecified atom stereocenters. The number of nitriles is 1. The van der Waals surface area contributed by atoms with Gasteiger partial charge in [0.2, 0.25) is 5.88 Å². The highest BCUT2D eigenvalue weighted by Gasteiger charge is 2.11. The van der Waals surface area contributed by atoms with Crippen LogP contribution in [0.5, 0.6) is 5.88 Å². The molecule has 1 aromatic carbocycles. The summed E-state index contributed by atoms with van der Waals surface area (Å²) in [5.74, 6) is 0.394. The van der Waals surface area contributed by atoms with Crippen molar-refractivity contribution in [2.24, 2.45) is 0 Å². The molecular formula is C14H13N3O2.